The summed E-state index contributed by atoms with van der Waals surface area (Å²) >= 11 is 0. The molecule has 5 nitrogen and oxygen atoms in total. The van der Waals surface area contributed by atoms with Gasteiger partial charge in [-0.05, 0) is 0 Å². The predicted molar refractivity (Wildman–Crippen MR) is 45.9 cm³/mol. The maximum Gasteiger partial charge on any atom is 0.242 e. The number of hydrogen-bond donors (Lipinski definition) is 2. The van der Waals surface area contributed by atoms with Crippen LogP contribution in [0.25, 0.3) is 0 Å². The highest BCUT2D eigenvalue weighted by Crippen LogP contribution is 2.17. The van der Waals surface area contributed by atoms with Crippen LogP contribution in [0.1, 0.15) is 13.3 Å². The Kier molecular flexibility index (Phi) is 2.87. The van der Waals surface area contributed by atoms with Crippen LogP contribution in [-0.2, 0) is 9.59 Å². The number of aliphatic hydroxyl groups excluding tert-OH is 1. The summed E-state index contributed by atoms with van der Waals surface area (Å²) in [5, 5.41) is 11.8. The van der Waals surface area contributed by atoms with E-state index in [1.54, 1.807) is 0 Å². The van der Waals surface area contributed by atoms with Crippen LogP contribution in [0, 0.1) is 0 Å². The Morgan fingerprint density at radius 1 is 1.54 bits per heavy atom. The van der Waals surface area contributed by atoms with Gasteiger partial charge in [0.2, 0.25) is 11.8 Å². The smallest absolute Gasteiger partial charge is 0.242 e. The van der Waals surface area contributed by atoms with Crippen LogP contribution in [0.3, 0.4) is 0 Å². The largest absolute Gasteiger partial charge is 0.391 e. The summed E-state index contributed by atoms with van der Waals surface area (Å²) in [6, 6.07) is -0.502. The summed E-state index contributed by atoms with van der Waals surface area (Å²) in [7, 11) is 1.52. The molecule has 0 spiro atoms. The fraction of sp³-hybridized carbons (Fsp3) is 0.750. The van der Waals surface area contributed by atoms with Gasteiger partial charge in [-0.2, -0.15) is 0 Å². The van der Waals surface area contributed by atoms with E-state index in [-0.39, 0.29) is 18.4 Å². The standard InChI is InChI=1S/C8H14N2O3/c1-5(11)10-4-6(12)3-7(10)8(13)9-2/h6-7,12H,3-4H2,1-2H3,(H,9,13)/t6?,7-/m0/s1. The molecule has 0 saturated carbocycles. The van der Waals surface area contributed by atoms with Crippen molar-refractivity contribution in [2.75, 3.05) is 13.6 Å². The van der Waals surface area contributed by atoms with Crippen LogP contribution in [-0.4, -0.2) is 47.6 Å². The Bertz CT molecular complexity index is 229. The lowest BCUT2D eigenvalue weighted by Crippen LogP contribution is -2.43. The van der Waals surface area contributed by atoms with Crippen molar-refractivity contribution in [3.63, 3.8) is 0 Å². The van der Waals surface area contributed by atoms with Crippen molar-refractivity contribution >= 4 is 11.8 Å². The molecule has 2 N–H and O–H groups in total. The highest BCUT2D eigenvalue weighted by atomic mass is 16.3. The van der Waals surface area contributed by atoms with E-state index in [4.69, 9.17) is 0 Å². The number of likely N-dealkylation sites (N-methyl/N-ethyl adjacent to an activating group) is 1. The molecule has 0 bridgehead atoms. The molecule has 2 atom stereocenters. The molecule has 1 aliphatic rings. The number of nitrogens with one attached hydrogen (secondary N) is 1. The Labute approximate surface area is 76.7 Å². The molecule has 1 heterocycles. The van der Waals surface area contributed by atoms with Gasteiger partial charge in [0.05, 0.1) is 6.10 Å². The molecule has 1 aliphatic heterocycles. The normalized spacial score (nSPS) is 27.5. The van der Waals surface area contributed by atoms with Gasteiger partial charge >= 0.3 is 0 Å². The third-order valence-electron chi connectivity index (χ3n) is 2.23. The molecule has 0 aliphatic carbocycles. The fourth-order valence-corrected chi connectivity index (χ4v) is 1.58. The van der Waals surface area contributed by atoms with Crippen molar-refractivity contribution in [1.82, 2.24) is 10.2 Å². The number of rotatable bonds is 1. The molecule has 0 radical (unpaired) electrons. The molecule has 5 heteroatoms. The first-order valence-corrected chi connectivity index (χ1v) is 4.23. The van der Waals surface area contributed by atoms with Crippen LogP contribution >= 0.6 is 0 Å². The minimum Gasteiger partial charge on any atom is -0.391 e. The monoisotopic (exact) mass is 186 g/mol. The van der Waals surface area contributed by atoms with Gasteiger partial charge in [-0.3, -0.25) is 9.59 Å². The lowest BCUT2D eigenvalue weighted by atomic mass is 10.2. The number of likely N-dealkylation sites (tertiary alicyclic amines) is 1. The Hall–Kier alpha value is -1.10. The van der Waals surface area contributed by atoms with Crippen molar-refractivity contribution in [2.24, 2.45) is 0 Å². The van der Waals surface area contributed by atoms with E-state index in [2.05, 4.69) is 5.32 Å². The number of β-amino-alcohol motifs (C(OH)–C–C–N with tert-alkyl or cyclic N) is 1. The first kappa shape index (κ1) is 9.98. The summed E-state index contributed by atoms with van der Waals surface area (Å²) in [5.74, 6) is -0.392. The number of amides is 2. The first-order chi connectivity index (χ1) is 6.06. The number of carbonyl (C=O) groups excluding carboxylic acids is 2. The minimum atomic E-state index is -0.578. The molecule has 0 aromatic heterocycles. The molecule has 1 rings (SSSR count). The minimum absolute atomic E-state index is 0.176. The quantitative estimate of drug-likeness (QED) is 0.535. The van der Waals surface area contributed by atoms with Gasteiger partial charge < -0.3 is 15.3 Å². The van der Waals surface area contributed by atoms with E-state index >= 15 is 0 Å². The lowest BCUT2D eigenvalue weighted by molar-refractivity contribution is -0.136. The zero-order valence-corrected chi connectivity index (χ0v) is 7.78. The van der Waals surface area contributed by atoms with E-state index in [0.29, 0.717) is 6.42 Å². The molecular formula is C8H14N2O3. The van der Waals surface area contributed by atoms with Crippen LogP contribution in [0.15, 0.2) is 0 Å². The van der Waals surface area contributed by atoms with Crippen molar-refractivity contribution < 1.29 is 14.7 Å². The average molecular weight is 186 g/mol. The van der Waals surface area contributed by atoms with Crippen molar-refractivity contribution in [3.05, 3.63) is 0 Å². The summed E-state index contributed by atoms with van der Waals surface area (Å²) in [6.45, 7) is 1.65. The van der Waals surface area contributed by atoms with Gasteiger partial charge in [0.15, 0.2) is 0 Å². The van der Waals surface area contributed by atoms with Gasteiger partial charge in [-0.15, -0.1) is 0 Å². The fourth-order valence-electron chi connectivity index (χ4n) is 1.58. The zero-order chi connectivity index (χ0) is 10.0. The molecule has 0 aromatic rings. The SMILES string of the molecule is CNC(=O)[C@@H]1CC(O)CN1C(C)=O. The molecule has 0 aromatic carbocycles. The highest BCUT2D eigenvalue weighted by molar-refractivity contribution is 5.87. The van der Waals surface area contributed by atoms with E-state index in [0.717, 1.165) is 0 Å². The maximum absolute atomic E-state index is 11.3. The van der Waals surface area contributed by atoms with Gasteiger partial charge in [0.1, 0.15) is 6.04 Å². The second-order valence-corrected chi connectivity index (χ2v) is 3.19. The van der Waals surface area contributed by atoms with E-state index < -0.39 is 12.1 Å². The molecule has 2 amide bonds. The Morgan fingerprint density at radius 2 is 2.15 bits per heavy atom. The lowest BCUT2D eigenvalue weighted by Gasteiger charge is -2.20. The Morgan fingerprint density at radius 3 is 2.62 bits per heavy atom. The molecule has 1 saturated heterocycles. The van der Waals surface area contributed by atoms with Crippen LogP contribution < -0.4 is 5.32 Å². The van der Waals surface area contributed by atoms with Gasteiger partial charge in [0.25, 0.3) is 0 Å². The summed E-state index contributed by atoms with van der Waals surface area (Å²) in [4.78, 5) is 23.7. The Balaban J connectivity index is 2.71. The highest BCUT2D eigenvalue weighted by Gasteiger charge is 2.36. The topological polar surface area (TPSA) is 69.6 Å². The number of hydrogen-bond acceptors (Lipinski definition) is 3. The van der Waals surface area contributed by atoms with Gasteiger partial charge in [-0.25, -0.2) is 0 Å². The predicted octanol–water partition coefficient (Wildman–Crippen LogP) is -1.29. The van der Waals surface area contributed by atoms with Crippen LogP contribution in [0.2, 0.25) is 0 Å². The molecule has 1 fully saturated rings. The number of carbonyl (C=O) groups is 2. The first-order valence-electron chi connectivity index (χ1n) is 4.23. The molecule has 13 heavy (non-hydrogen) atoms. The third kappa shape index (κ3) is 1.98. The molecule has 1 unspecified atom stereocenters. The van der Waals surface area contributed by atoms with Gasteiger partial charge in [0, 0.05) is 26.9 Å². The van der Waals surface area contributed by atoms with Crippen LogP contribution in [0.4, 0.5) is 0 Å². The van der Waals surface area contributed by atoms with Crippen molar-refractivity contribution in [1.29, 1.82) is 0 Å². The zero-order valence-electron chi connectivity index (χ0n) is 7.78. The van der Waals surface area contributed by atoms with E-state index in [1.165, 1.54) is 18.9 Å². The average Bonchev–Trinajstić information content (AvgIpc) is 2.46. The molecular weight excluding hydrogens is 172 g/mol. The number of nitrogens with zero attached hydrogens (tertiary/aromatic N) is 1. The molecule has 74 valence electrons. The van der Waals surface area contributed by atoms with Gasteiger partial charge in [-0.1, -0.05) is 0 Å². The van der Waals surface area contributed by atoms with E-state index in [1.807, 2.05) is 0 Å². The second-order valence-electron chi connectivity index (χ2n) is 3.19. The summed E-state index contributed by atoms with van der Waals surface area (Å²) in [5.41, 5.74) is 0. The third-order valence-corrected chi connectivity index (χ3v) is 2.23. The van der Waals surface area contributed by atoms with Crippen LogP contribution in [0.5, 0.6) is 0 Å². The maximum atomic E-state index is 11.3. The number of aliphatic hydroxyl groups is 1. The summed E-state index contributed by atoms with van der Waals surface area (Å²) < 4.78 is 0. The van der Waals surface area contributed by atoms with Crippen molar-refractivity contribution in [3.8, 4) is 0 Å². The second kappa shape index (κ2) is 3.74. The van der Waals surface area contributed by atoms with E-state index in [9.17, 15) is 14.7 Å². The van der Waals surface area contributed by atoms with Crippen molar-refractivity contribution in [2.45, 2.75) is 25.5 Å². The summed E-state index contributed by atoms with van der Waals surface area (Å²) in [6.07, 6.45) is -0.245.